The Morgan fingerprint density at radius 3 is 2.80 bits per heavy atom. The first-order chi connectivity index (χ1) is 12.0. The van der Waals surface area contributed by atoms with Gasteiger partial charge in [-0.1, -0.05) is 38.1 Å². The van der Waals surface area contributed by atoms with E-state index in [0.29, 0.717) is 5.92 Å². The van der Waals surface area contributed by atoms with Crippen LogP contribution in [0.25, 0.3) is 0 Å². The molecule has 134 valence electrons. The summed E-state index contributed by atoms with van der Waals surface area (Å²) in [5.41, 5.74) is 3.72. The molecule has 0 saturated carbocycles. The summed E-state index contributed by atoms with van der Waals surface area (Å²) in [5, 5.41) is 10.3. The molecule has 1 unspecified atom stereocenters. The van der Waals surface area contributed by atoms with Crippen LogP contribution >= 0.6 is 0 Å². The maximum absolute atomic E-state index is 10.3. The molecule has 3 rings (SSSR count). The van der Waals surface area contributed by atoms with Crippen molar-refractivity contribution in [3.05, 3.63) is 53.5 Å². The van der Waals surface area contributed by atoms with Gasteiger partial charge in [-0.05, 0) is 43.2 Å². The van der Waals surface area contributed by atoms with Gasteiger partial charge in [0.25, 0.3) is 0 Å². The third-order valence-corrected chi connectivity index (χ3v) is 5.46. The Morgan fingerprint density at radius 1 is 1.28 bits per heavy atom. The predicted molar refractivity (Wildman–Crippen MR) is 102 cm³/mol. The molecular weight excluding hydrogens is 310 g/mol. The van der Waals surface area contributed by atoms with Crippen LogP contribution in [0.5, 0.6) is 0 Å². The number of nitrogens with zero attached hydrogens (tertiary/aromatic N) is 3. The predicted octanol–water partition coefficient (Wildman–Crippen LogP) is 3.73. The monoisotopic (exact) mass is 339 g/mol. The Morgan fingerprint density at radius 2 is 2.08 bits per heavy atom. The van der Waals surface area contributed by atoms with E-state index in [1.54, 1.807) is 6.33 Å². The molecular formula is C21H29N3O. The summed E-state index contributed by atoms with van der Waals surface area (Å²) in [6.07, 6.45) is 6.61. The second-order valence-electron chi connectivity index (χ2n) is 7.74. The van der Waals surface area contributed by atoms with E-state index in [4.69, 9.17) is 0 Å². The lowest BCUT2D eigenvalue weighted by atomic mass is 9.75. The van der Waals surface area contributed by atoms with E-state index in [1.807, 2.05) is 6.20 Å². The molecule has 4 heteroatoms. The molecule has 1 aromatic heterocycles. The number of aryl methyl sites for hydroxylation is 1. The second kappa shape index (κ2) is 7.52. The molecule has 2 heterocycles. The van der Waals surface area contributed by atoms with Crippen molar-refractivity contribution in [1.82, 2.24) is 9.97 Å². The van der Waals surface area contributed by atoms with Gasteiger partial charge in [0.2, 0.25) is 0 Å². The average molecular weight is 339 g/mol. The molecule has 25 heavy (non-hydrogen) atoms. The molecule has 1 aromatic carbocycles. The fourth-order valence-electron chi connectivity index (χ4n) is 3.94. The Kier molecular flexibility index (Phi) is 5.38. The van der Waals surface area contributed by atoms with E-state index >= 15 is 0 Å². The van der Waals surface area contributed by atoms with Gasteiger partial charge in [-0.2, -0.15) is 0 Å². The zero-order valence-corrected chi connectivity index (χ0v) is 15.6. The van der Waals surface area contributed by atoms with Gasteiger partial charge in [0.15, 0.2) is 0 Å². The molecule has 2 aromatic rings. The zero-order valence-electron chi connectivity index (χ0n) is 15.6. The van der Waals surface area contributed by atoms with E-state index in [-0.39, 0.29) is 12.0 Å². The summed E-state index contributed by atoms with van der Waals surface area (Å²) < 4.78 is 0. The van der Waals surface area contributed by atoms with Gasteiger partial charge in [0.1, 0.15) is 12.1 Å². The molecule has 1 atom stereocenters. The highest BCUT2D eigenvalue weighted by atomic mass is 16.3. The standard InChI is InChI=1S/C21H29N3O/c1-16(2)19-12-22-15-23-20(19)24-10-6-9-21(13-24,14-25)11-18-8-5-4-7-17(18)3/h4-5,7-8,12,15-16,25H,6,9-11,13-14H2,1-3H3. The molecule has 1 aliphatic heterocycles. The number of benzene rings is 1. The normalized spacial score (nSPS) is 20.9. The van der Waals surface area contributed by atoms with Crippen molar-refractivity contribution in [2.45, 2.75) is 46.0 Å². The Hall–Kier alpha value is -1.94. The minimum absolute atomic E-state index is 0.108. The zero-order chi connectivity index (χ0) is 17.9. The van der Waals surface area contributed by atoms with Crippen molar-refractivity contribution in [2.24, 2.45) is 5.41 Å². The van der Waals surface area contributed by atoms with Gasteiger partial charge < -0.3 is 10.0 Å². The fraction of sp³-hybridized carbons (Fsp3) is 0.524. The van der Waals surface area contributed by atoms with Crippen molar-refractivity contribution in [2.75, 3.05) is 24.6 Å². The third kappa shape index (κ3) is 3.84. The van der Waals surface area contributed by atoms with Crippen LogP contribution in [-0.2, 0) is 6.42 Å². The third-order valence-electron chi connectivity index (χ3n) is 5.46. The first-order valence-electron chi connectivity index (χ1n) is 9.25. The molecule has 0 bridgehead atoms. The van der Waals surface area contributed by atoms with E-state index in [0.717, 1.165) is 38.2 Å². The molecule has 0 radical (unpaired) electrons. The van der Waals surface area contributed by atoms with Gasteiger partial charge in [-0.25, -0.2) is 9.97 Å². The Balaban J connectivity index is 1.87. The van der Waals surface area contributed by atoms with Crippen LogP contribution in [0.2, 0.25) is 0 Å². The van der Waals surface area contributed by atoms with E-state index in [9.17, 15) is 5.11 Å². The van der Waals surface area contributed by atoms with Crippen molar-refractivity contribution in [3.8, 4) is 0 Å². The quantitative estimate of drug-likeness (QED) is 0.902. The van der Waals surface area contributed by atoms with Gasteiger partial charge in [-0.15, -0.1) is 0 Å². The molecule has 0 spiro atoms. The number of anilines is 1. The Labute approximate surface area is 150 Å². The second-order valence-corrected chi connectivity index (χ2v) is 7.74. The van der Waals surface area contributed by atoms with E-state index < -0.39 is 0 Å². The largest absolute Gasteiger partial charge is 0.396 e. The number of aliphatic hydroxyl groups excluding tert-OH is 1. The summed E-state index contributed by atoms with van der Waals surface area (Å²) in [4.78, 5) is 11.1. The molecule has 1 saturated heterocycles. The SMILES string of the molecule is Cc1ccccc1CC1(CO)CCCN(c2ncncc2C(C)C)C1. The van der Waals surface area contributed by atoms with Crippen molar-refractivity contribution >= 4 is 5.82 Å². The van der Waals surface area contributed by atoms with E-state index in [2.05, 4.69) is 59.9 Å². The molecule has 0 amide bonds. The molecule has 1 N–H and O–H groups in total. The van der Waals surface area contributed by atoms with E-state index in [1.165, 1.54) is 16.7 Å². The highest BCUT2D eigenvalue weighted by molar-refractivity contribution is 5.48. The van der Waals surface area contributed by atoms with Crippen molar-refractivity contribution in [3.63, 3.8) is 0 Å². The number of aromatic nitrogens is 2. The van der Waals surface area contributed by atoms with Gasteiger partial charge in [0, 0.05) is 30.3 Å². The van der Waals surface area contributed by atoms with Crippen LogP contribution in [-0.4, -0.2) is 34.8 Å². The smallest absolute Gasteiger partial charge is 0.135 e. The first kappa shape index (κ1) is 17.9. The minimum Gasteiger partial charge on any atom is -0.396 e. The fourth-order valence-corrected chi connectivity index (χ4v) is 3.94. The first-order valence-corrected chi connectivity index (χ1v) is 9.25. The molecule has 0 aliphatic carbocycles. The lowest BCUT2D eigenvalue weighted by Gasteiger charge is -2.43. The van der Waals surface area contributed by atoms with Gasteiger partial charge in [0.05, 0.1) is 6.61 Å². The average Bonchev–Trinajstić information content (AvgIpc) is 2.64. The highest BCUT2D eigenvalue weighted by Gasteiger charge is 2.36. The highest BCUT2D eigenvalue weighted by Crippen LogP contribution is 2.37. The number of hydrogen-bond acceptors (Lipinski definition) is 4. The topological polar surface area (TPSA) is 49.2 Å². The maximum atomic E-state index is 10.3. The van der Waals surface area contributed by atoms with Crippen molar-refractivity contribution < 1.29 is 5.11 Å². The van der Waals surface area contributed by atoms with Crippen LogP contribution in [0.3, 0.4) is 0 Å². The number of aliphatic hydroxyl groups is 1. The summed E-state index contributed by atoms with van der Waals surface area (Å²) in [6.45, 7) is 8.56. The summed E-state index contributed by atoms with van der Waals surface area (Å²) >= 11 is 0. The van der Waals surface area contributed by atoms with Crippen LogP contribution in [0.15, 0.2) is 36.8 Å². The molecule has 4 nitrogen and oxygen atoms in total. The lowest BCUT2D eigenvalue weighted by Crippen LogP contribution is -2.47. The molecule has 1 fully saturated rings. The van der Waals surface area contributed by atoms with Crippen LogP contribution < -0.4 is 4.90 Å². The number of piperidine rings is 1. The Bertz CT molecular complexity index is 716. The van der Waals surface area contributed by atoms with Gasteiger partial charge in [-0.3, -0.25) is 0 Å². The summed E-state index contributed by atoms with van der Waals surface area (Å²) in [6, 6.07) is 8.51. The minimum atomic E-state index is -0.108. The van der Waals surface area contributed by atoms with Gasteiger partial charge >= 0.3 is 0 Å². The summed E-state index contributed by atoms with van der Waals surface area (Å²) in [7, 11) is 0. The number of hydrogen-bond donors (Lipinski definition) is 1. The number of rotatable bonds is 5. The molecule has 1 aliphatic rings. The van der Waals surface area contributed by atoms with Crippen molar-refractivity contribution in [1.29, 1.82) is 0 Å². The lowest BCUT2D eigenvalue weighted by molar-refractivity contribution is 0.105. The summed E-state index contributed by atoms with van der Waals surface area (Å²) in [5.74, 6) is 1.42. The van der Waals surface area contributed by atoms with Crippen LogP contribution in [0.4, 0.5) is 5.82 Å². The maximum Gasteiger partial charge on any atom is 0.135 e. The van der Waals surface area contributed by atoms with Crippen LogP contribution in [0, 0.1) is 12.3 Å². The van der Waals surface area contributed by atoms with Crippen LogP contribution in [0.1, 0.15) is 49.3 Å².